The van der Waals surface area contributed by atoms with Crippen molar-refractivity contribution >= 4 is 12.3 Å². The third-order valence-electron chi connectivity index (χ3n) is 3.32. The normalized spacial score (nSPS) is 10.3. The number of carbonyl (C=O) groups is 2. The molecule has 0 fully saturated rings. The average molecular weight is 340 g/mol. The Morgan fingerprint density at radius 2 is 1.92 bits per heavy atom. The van der Waals surface area contributed by atoms with E-state index in [0.717, 1.165) is 0 Å². The minimum absolute atomic E-state index is 0.0558. The van der Waals surface area contributed by atoms with Crippen LogP contribution in [0.25, 0.3) is 5.69 Å². The predicted octanol–water partition coefficient (Wildman–Crippen LogP) is 1.97. The number of nitrogens with zero attached hydrogens (tertiary/aromatic N) is 4. The van der Waals surface area contributed by atoms with Gasteiger partial charge in [-0.25, -0.2) is 4.79 Å². The Hall–Kier alpha value is -3.75. The van der Waals surface area contributed by atoms with E-state index in [-0.39, 0.29) is 11.6 Å². The van der Waals surface area contributed by atoms with E-state index in [1.807, 2.05) is 0 Å². The molecule has 1 aromatic heterocycles. The third-order valence-corrected chi connectivity index (χ3v) is 3.32. The molecule has 0 aliphatic rings. The molecular weight excluding hydrogens is 328 g/mol. The van der Waals surface area contributed by atoms with Gasteiger partial charge in [-0.05, 0) is 52.9 Å². The lowest BCUT2D eigenvalue weighted by atomic mass is 10.2. The van der Waals surface area contributed by atoms with Crippen LogP contribution in [0.5, 0.6) is 17.5 Å². The highest BCUT2D eigenvalue weighted by Gasteiger charge is 2.14. The van der Waals surface area contributed by atoms with Crippen LogP contribution < -0.4 is 9.47 Å². The molecule has 25 heavy (non-hydrogen) atoms. The molecule has 1 N–H and O–H groups in total. The maximum absolute atomic E-state index is 10.9. The summed E-state index contributed by atoms with van der Waals surface area (Å²) in [5.74, 6) is -0.355. The van der Waals surface area contributed by atoms with Crippen LogP contribution in [0, 0.1) is 0 Å². The molecule has 2 aromatic carbocycles. The summed E-state index contributed by atoms with van der Waals surface area (Å²) in [5, 5.41) is 20.1. The first-order valence-corrected chi connectivity index (χ1v) is 7.05. The highest BCUT2D eigenvalue weighted by Crippen LogP contribution is 2.31. The van der Waals surface area contributed by atoms with Gasteiger partial charge in [0, 0.05) is 5.56 Å². The summed E-state index contributed by atoms with van der Waals surface area (Å²) in [4.78, 5) is 21.8. The highest BCUT2D eigenvalue weighted by molar-refractivity contribution is 5.87. The summed E-state index contributed by atoms with van der Waals surface area (Å²) in [6.45, 7) is 0. The summed E-state index contributed by atoms with van der Waals surface area (Å²) in [6.07, 6.45) is 0.695. The molecule has 126 valence electrons. The second-order valence-corrected chi connectivity index (χ2v) is 4.86. The number of rotatable bonds is 6. The van der Waals surface area contributed by atoms with Crippen molar-refractivity contribution in [1.29, 1.82) is 0 Å². The number of aldehydes is 1. The molecular formula is C16H12N4O5. The molecule has 3 rings (SSSR count). The van der Waals surface area contributed by atoms with Gasteiger partial charge in [0.2, 0.25) is 0 Å². The minimum atomic E-state index is -1.03. The molecule has 0 amide bonds. The van der Waals surface area contributed by atoms with Crippen molar-refractivity contribution < 1.29 is 24.2 Å². The van der Waals surface area contributed by atoms with E-state index in [2.05, 4.69) is 15.5 Å². The zero-order valence-corrected chi connectivity index (χ0v) is 13.0. The van der Waals surface area contributed by atoms with Gasteiger partial charge in [-0.15, -0.1) is 0 Å². The van der Waals surface area contributed by atoms with Gasteiger partial charge in [-0.3, -0.25) is 4.79 Å². The number of aromatic carboxylic acids is 1. The highest BCUT2D eigenvalue weighted by atomic mass is 16.5. The fraction of sp³-hybridized carbons (Fsp3) is 0.0625. The second-order valence-electron chi connectivity index (χ2n) is 4.86. The zero-order chi connectivity index (χ0) is 17.8. The Balaban J connectivity index is 1.92. The predicted molar refractivity (Wildman–Crippen MR) is 84.6 cm³/mol. The van der Waals surface area contributed by atoms with Gasteiger partial charge in [-0.2, -0.15) is 4.68 Å². The SMILES string of the molecule is COc1cc(C=O)ccc1Oc1nnnn1-c1ccc(C(=O)O)cc1. The molecule has 0 saturated heterocycles. The summed E-state index contributed by atoms with van der Waals surface area (Å²) >= 11 is 0. The Morgan fingerprint density at radius 3 is 2.56 bits per heavy atom. The van der Waals surface area contributed by atoms with Gasteiger partial charge in [0.1, 0.15) is 6.29 Å². The minimum Gasteiger partial charge on any atom is -0.493 e. The summed E-state index contributed by atoms with van der Waals surface area (Å²) in [6, 6.07) is 10.7. The monoisotopic (exact) mass is 340 g/mol. The van der Waals surface area contributed by atoms with Gasteiger partial charge in [0.05, 0.1) is 18.4 Å². The lowest BCUT2D eigenvalue weighted by Crippen LogP contribution is -2.02. The topological polar surface area (TPSA) is 116 Å². The molecule has 0 atom stereocenters. The van der Waals surface area contributed by atoms with Crippen molar-refractivity contribution in [2.45, 2.75) is 0 Å². The molecule has 9 heteroatoms. The maximum atomic E-state index is 10.9. The van der Waals surface area contributed by atoms with Crippen molar-refractivity contribution in [3.63, 3.8) is 0 Å². The molecule has 0 radical (unpaired) electrons. The number of tetrazole rings is 1. The Kier molecular flexibility index (Phi) is 4.38. The number of benzene rings is 2. The van der Waals surface area contributed by atoms with Crippen LogP contribution in [-0.4, -0.2) is 44.7 Å². The number of carbonyl (C=O) groups excluding carboxylic acids is 1. The Bertz CT molecular complexity index is 921. The fourth-order valence-electron chi connectivity index (χ4n) is 2.09. The molecule has 9 nitrogen and oxygen atoms in total. The number of methoxy groups -OCH3 is 1. The number of carboxylic acids is 1. The van der Waals surface area contributed by atoms with Crippen LogP contribution in [-0.2, 0) is 0 Å². The second kappa shape index (κ2) is 6.79. The number of aromatic nitrogens is 4. The van der Waals surface area contributed by atoms with E-state index in [1.54, 1.807) is 24.3 Å². The number of hydrogen-bond acceptors (Lipinski definition) is 7. The van der Waals surface area contributed by atoms with Crippen LogP contribution in [0.2, 0.25) is 0 Å². The maximum Gasteiger partial charge on any atom is 0.346 e. The van der Waals surface area contributed by atoms with Crippen LogP contribution in [0.3, 0.4) is 0 Å². The first-order chi connectivity index (χ1) is 12.1. The van der Waals surface area contributed by atoms with Gasteiger partial charge < -0.3 is 14.6 Å². The lowest BCUT2D eigenvalue weighted by molar-refractivity contribution is 0.0696. The first kappa shape index (κ1) is 16.1. The van der Waals surface area contributed by atoms with Crippen molar-refractivity contribution in [3.8, 4) is 23.2 Å². The van der Waals surface area contributed by atoms with Crippen LogP contribution >= 0.6 is 0 Å². The van der Waals surface area contributed by atoms with Crippen molar-refractivity contribution in [3.05, 3.63) is 53.6 Å². The van der Waals surface area contributed by atoms with Gasteiger partial charge in [-0.1, -0.05) is 5.10 Å². The third kappa shape index (κ3) is 3.29. The lowest BCUT2D eigenvalue weighted by Gasteiger charge is -2.10. The van der Waals surface area contributed by atoms with Crippen molar-refractivity contribution in [2.24, 2.45) is 0 Å². The average Bonchev–Trinajstić information content (AvgIpc) is 3.10. The van der Waals surface area contributed by atoms with E-state index < -0.39 is 5.97 Å². The quantitative estimate of drug-likeness (QED) is 0.677. The number of carboxylic acid groups (broad SMARTS) is 1. The number of ether oxygens (including phenoxy) is 2. The van der Waals surface area contributed by atoms with E-state index in [1.165, 1.54) is 30.0 Å². The van der Waals surface area contributed by atoms with E-state index >= 15 is 0 Å². The fourth-order valence-corrected chi connectivity index (χ4v) is 2.09. The van der Waals surface area contributed by atoms with Crippen molar-refractivity contribution in [1.82, 2.24) is 20.2 Å². The largest absolute Gasteiger partial charge is 0.493 e. The smallest absolute Gasteiger partial charge is 0.346 e. The number of hydrogen-bond donors (Lipinski definition) is 1. The molecule has 1 heterocycles. The standard InChI is InChI=1S/C16H12N4O5/c1-24-14-8-10(9-21)2-7-13(14)25-16-17-18-19-20(16)12-5-3-11(4-6-12)15(22)23/h2-9H,1H3,(H,22,23). The van der Waals surface area contributed by atoms with Crippen LogP contribution in [0.1, 0.15) is 20.7 Å². The molecule has 0 saturated carbocycles. The van der Waals surface area contributed by atoms with Crippen LogP contribution in [0.15, 0.2) is 42.5 Å². The Morgan fingerprint density at radius 1 is 1.16 bits per heavy atom. The van der Waals surface area contributed by atoms with E-state index in [0.29, 0.717) is 29.0 Å². The summed E-state index contributed by atoms with van der Waals surface area (Å²) in [5.41, 5.74) is 1.10. The molecule has 0 bridgehead atoms. The van der Waals surface area contributed by atoms with E-state index in [4.69, 9.17) is 14.6 Å². The van der Waals surface area contributed by atoms with Crippen molar-refractivity contribution in [2.75, 3.05) is 7.11 Å². The van der Waals surface area contributed by atoms with Gasteiger partial charge in [0.25, 0.3) is 0 Å². The molecule has 0 aliphatic heterocycles. The Labute approximate surface area is 141 Å². The van der Waals surface area contributed by atoms with Crippen LogP contribution in [0.4, 0.5) is 0 Å². The first-order valence-electron chi connectivity index (χ1n) is 7.05. The summed E-state index contributed by atoms with van der Waals surface area (Å²) < 4.78 is 12.2. The molecule has 3 aromatic rings. The summed E-state index contributed by atoms with van der Waals surface area (Å²) in [7, 11) is 1.45. The molecule has 0 spiro atoms. The van der Waals surface area contributed by atoms with Gasteiger partial charge in [0.15, 0.2) is 11.5 Å². The van der Waals surface area contributed by atoms with E-state index in [9.17, 15) is 9.59 Å². The van der Waals surface area contributed by atoms with Gasteiger partial charge >= 0.3 is 12.0 Å². The molecule has 0 aliphatic carbocycles. The zero-order valence-electron chi connectivity index (χ0n) is 13.0. The molecule has 0 unspecified atom stereocenters.